The molecular formula is C20H20N2O3. The van der Waals surface area contributed by atoms with Crippen LogP contribution in [0.15, 0.2) is 59.0 Å². The molecule has 0 unspecified atom stereocenters. The zero-order valence-electron chi connectivity index (χ0n) is 14.4. The highest BCUT2D eigenvalue weighted by atomic mass is 16.3. The summed E-state index contributed by atoms with van der Waals surface area (Å²) in [6.07, 6.45) is 0. The second-order valence-corrected chi connectivity index (χ2v) is 6.83. The van der Waals surface area contributed by atoms with E-state index in [1.54, 1.807) is 18.2 Å². The third kappa shape index (κ3) is 3.55. The number of carbonyl (C=O) groups excluding carboxylic acids is 2. The van der Waals surface area contributed by atoms with Crippen molar-refractivity contribution in [2.24, 2.45) is 5.41 Å². The average Bonchev–Trinajstić information content (AvgIpc) is 2.94. The number of fused-ring (bicyclic) bond motifs is 1. The lowest BCUT2D eigenvalue weighted by Gasteiger charge is -2.17. The maximum atomic E-state index is 12.7. The van der Waals surface area contributed by atoms with Gasteiger partial charge in [0.15, 0.2) is 0 Å². The first-order valence-corrected chi connectivity index (χ1v) is 8.05. The van der Waals surface area contributed by atoms with Gasteiger partial charge in [-0.15, -0.1) is 0 Å². The number of carbonyl (C=O) groups is 2. The molecule has 0 aliphatic rings. The maximum absolute atomic E-state index is 12.7. The van der Waals surface area contributed by atoms with Gasteiger partial charge in [0.25, 0.3) is 5.91 Å². The molecule has 1 heterocycles. The molecule has 5 heteroatoms. The molecule has 2 aromatic carbocycles. The Balaban J connectivity index is 2.00. The lowest BCUT2D eigenvalue weighted by Crippen LogP contribution is -2.28. The van der Waals surface area contributed by atoms with Gasteiger partial charge < -0.3 is 15.1 Å². The molecule has 0 aliphatic carbocycles. The summed E-state index contributed by atoms with van der Waals surface area (Å²) in [7, 11) is 0. The molecule has 0 saturated heterocycles. The Hall–Kier alpha value is -3.08. The largest absolute Gasteiger partial charge is 0.449 e. The van der Waals surface area contributed by atoms with E-state index < -0.39 is 11.3 Å². The van der Waals surface area contributed by atoms with E-state index in [1.807, 2.05) is 57.2 Å². The summed E-state index contributed by atoms with van der Waals surface area (Å²) in [6.45, 7) is 5.44. The minimum Gasteiger partial charge on any atom is -0.449 e. The van der Waals surface area contributed by atoms with Gasteiger partial charge in [0.1, 0.15) is 11.3 Å². The zero-order chi connectivity index (χ0) is 18.0. The van der Waals surface area contributed by atoms with Crippen LogP contribution in [0.25, 0.3) is 11.0 Å². The van der Waals surface area contributed by atoms with Crippen molar-refractivity contribution in [3.05, 3.63) is 60.4 Å². The van der Waals surface area contributed by atoms with Crippen LogP contribution in [0.1, 0.15) is 31.3 Å². The van der Waals surface area contributed by atoms with E-state index in [9.17, 15) is 9.59 Å². The molecule has 128 valence electrons. The number of hydrogen-bond acceptors (Lipinski definition) is 3. The molecule has 3 rings (SSSR count). The topological polar surface area (TPSA) is 71.3 Å². The summed E-state index contributed by atoms with van der Waals surface area (Å²) < 4.78 is 5.72. The third-order valence-electron chi connectivity index (χ3n) is 3.75. The first kappa shape index (κ1) is 16.8. The highest BCUT2D eigenvalue weighted by molar-refractivity contribution is 6.15. The molecule has 0 aliphatic heterocycles. The first-order chi connectivity index (χ1) is 11.9. The van der Waals surface area contributed by atoms with Crippen molar-refractivity contribution in [1.29, 1.82) is 0 Å². The number of anilines is 2. The standard InChI is InChI=1S/C20H20N2O3/c1-20(2,3)19(24)22-16-14-11-7-8-12-15(14)25-17(16)18(23)21-13-9-5-4-6-10-13/h4-12H,1-3H3,(H,21,23)(H,22,24). The normalized spacial score (nSPS) is 11.3. The molecule has 2 amide bonds. The number of para-hydroxylation sites is 2. The summed E-state index contributed by atoms with van der Waals surface area (Å²) in [5.41, 5.74) is 1.00. The van der Waals surface area contributed by atoms with Crippen molar-refractivity contribution in [2.75, 3.05) is 10.6 Å². The van der Waals surface area contributed by atoms with E-state index in [1.165, 1.54) is 0 Å². The van der Waals surface area contributed by atoms with Crippen LogP contribution in [0.5, 0.6) is 0 Å². The van der Waals surface area contributed by atoms with Crippen molar-refractivity contribution < 1.29 is 14.0 Å². The van der Waals surface area contributed by atoms with Gasteiger partial charge in [-0.25, -0.2) is 0 Å². The SMILES string of the molecule is CC(C)(C)C(=O)Nc1c(C(=O)Nc2ccccc2)oc2ccccc12. The Labute approximate surface area is 146 Å². The molecule has 0 radical (unpaired) electrons. The van der Waals surface area contributed by atoms with Crippen LogP contribution in [-0.2, 0) is 4.79 Å². The van der Waals surface area contributed by atoms with E-state index in [0.29, 0.717) is 22.3 Å². The van der Waals surface area contributed by atoms with Crippen LogP contribution < -0.4 is 10.6 Å². The third-order valence-corrected chi connectivity index (χ3v) is 3.75. The van der Waals surface area contributed by atoms with E-state index in [2.05, 4.69) is 10.6 Å². The second kappa shape index (κ2) is 6.43. The van der Waals surface area contributed by atoms with Crippen LogP contribution in [0, 0.1) is 5.41 Å². The highest BCUT2D eigenvalue weighted by Crippen LogP contribution is 2.32. The minimum absolute atomic E-state index is 0.0858. The molecule has 0 spiro atoms. The molecule has 0 atom stereocenters. The zero-order valence-corrected chi connectivity index (χ0v) is 14.4. The Morgan fingerprint density at radius 3 is 2.20 bits per heavy atom. The number of furan rings is 1. The van der Waals surface area contributed by atoms with Crippen molar-refractivity contribution in [3.63, 3.8) is 0 Å². The van der Waals surface area contributed by atoms with Gasteiger partial charge >= 0.3 is 0 Å². The van der Waals surface area contributed by atoms with Crippen LogP contribution in [-0.4, -0.2) is 11.8 Å². The Bertz CT molecular complexity index is 921. The van der Waals surface area contributed by atoms with Crippen molar-refractivity contribution in [1.82, 2.24) is 0 Å². The molecule has 0 fully saturated rings. The van der Waals surface area contributed by atoms with Gasteiger partial charge in [0.05, 0.1) is 0 Å². The predicted molar refractivity (Wildman–Crippen MR) is 98.7 cm³/mol. The predicted octanol–water partition coefficient (Wildman–Crippen LogP) is 4.67. The minimum atomic E-state index is -0.592. The summed E-state index contributed by atoms with van der Waals surface area (Å²) in [5, 5.41) is 6.33. The first-order valence-electron chi connectivity index (χ1n) is 8.05. The fraction of sp³-hybridized carbons (Fsp3) is 0.200. The number of amides is 2. The molecule has 5 nitrogen and oxygen atoms in total. The fourth-order valence-corrected chi connectivity index (χ4v) is 2.34. The Morgan fingerprint density at radius 1 is 0.880 bits per heavy atom. The van der Waals surface area contributed by atoms with Crippen molar-refractivity contribution >= 4 is 34.2 Å². The van der Waals surface area contributed by atoms with Crippen LogP contribution in [0.2, 0.25) is 0 Å². The summed E-state index contributed by atoms with van der Waals surface area (Å²) in [4.78, 5) is 25.1. The lowest BCUT2D eigenvalue weighted by atomic mass is 9.95. The lowest BCUT2D eigenvalue weighted by molar-refractivity contribution is -0.123. The highest BCUT2D eigenvalue weighted by Gasteiger charge is 2.27. The van der Waals surface area contributed by atoms with Gasteiger partial charge in [0, 0.05) is 16.5 Å². The Morgan fingerprint density at radius 2 is 1.52 bits per heavy atom. The number of rotatable bonds is 3. The molecular weight excluding hydrogens is 316 g/mol. The molecule has 0 saturated carbocycles. The van der Waals surface area contributed by atoms with E-state index in [-0.39, 0.29) is 11.7 Å². The van der Waals surface area contributed by atoms with Crippen LogP contribution in [0.4, 0.5) is 11.4 Å². The van der Waals surface area contributed by atoms with Gasteiger partial charge in [-0.2, -0.15) is 0 Å². The van der Waals surface area contributed by atoms with Gasteiger partial charge in [-0.1, -0.05) is 51.1 Å². The summed E-state index contributed by atoms with van der Waals surface area (Å²) in [5.74, 6) is -0.512. The number of hydrogen-bond donors (Lipinski definition) is 2. The molecule has 3 aromatic rings. The van der Waals surface area contributed by atoms with Crippen LogP contribution in [0.3, 0.4) is 0 Å². The molecule has 1 aromatic heterocycles. The van der Waals surface area contributed by atoms with Crippen molar-refractivity contribution in [3.8, 4) is 0 Å². The number of benzene rings is 2. The summed E-state index contributed by atoms with van der Waals surface area (Å²) >= 11 is 0. The average molecular weight is 336 g/mol. The molecule has 0 bridgehead atoms. The number of nitrogens with one attached hydrogen (secondary N) is 2. The van der Waals surface area contributed by atoms with E-state index in [4.69, 9.17) is 4.42 Å². The quantitative estimate of drug-likeness (QED) is 0.730. The molecule has 25 heavy (non-hydrogen) atoms. The second-order valence-electron chi connectivity index (χ2n) is 6.83. The van der Waals surface area contributed by atoms with Crippen LogP contribution >= 0.6 is 0 Å². The van der Waals surface area contributed by atoms with E-state index in [0.717, 1.165) is 0 Å². The monoisotopic (exact) mass is 336 g/mol. The van der Waals surface area contributed by atoms with Gasteiger partial charge in [-0.05, 0) is 24.3 Å². The Kier molecular flexibility index (Phi) is 4.31. The fourth-order valence-electron chi connectivity index (χ4n) is 2.34. The summed E-state index contributed by atoms with van der Waals surface area (Å²) in [6, 6.07) is 16.3. The molecule has 2 N–H and O–H groups in total. The van der Waals surface area contributed by atoms with E-state index >= 15 is 0 Å². The smallest absolute Gasteiger partial charge is 0.293 e. The van der Waals surface area contributed by atoms with Gasteiger partial charge in [-0.3, -0.25) is 9.59 Å². The maximum Gasteiger partial charge on any atom is 0.293 e. The van der Waals surface area contributed by atoms with Crippen molar-refractivity contribution in [2.45, 2.75) is 20.8 Å². The van der Waals surface area contributed by atoms with Gasteiger partial charge in [0.2, 0.25) is 11.7 Å².